The quantitative estimate of drug-likeness (QED) is 0.802. The second-order valence-electron chi connectivity index (χ2n) is 5.18. The van der Waals surface area contributed by atoms with Crippen LogP contribution < -0.4 is 0 Å². The summed E-state index contributed by atoms with van der Waals surface area (Å²) in [6.07, 6.45) is 6.20. The minimum absolute atomic E-state index is 0.536. The van der Waals surface area contributed by atoms with Gasteiger partial charge in [0.1, 0.15) is 0 Å². The molecule has 1 aromatic rings. The molecule has 3 rings (SSSR count). The van der Waals surface area contributed by atoms with Gasteiger partial charge in [-0.1, -0.05) is 0 Å². The highest BCUT2D eigenvalue weighted by molar-refractivity contribution is 5.86. The molecule has 0 saturated heterocycles. The van der Waals surface area contributed by atoms with Gasteiger partial charge in [-0.3, -0.25) is 4.79 Å². The summed E-state index contributed by atoms with van der Waals surface area (Å²) in [5, 5.41) is 9.39. The van der Waals surface area contributed by atoms with E-state index in [1.165, 1.54) is 24.1 Å². The fourth-order valence-electron chi connectivity index (χ4n) is 3.18. The smallest absolute Gasteiger partial charge is 0.314 e. The molecule has 0 spiro atoms. The Balaban J connectivity index is 2.13. The molecule has 3 heteroatoms. The van der Waals surface area contributed by atoms with E-state index in [2.05, 4.69) is 4.98 Å². The average molecular weight is 219 g/mol. The number of carboxylic acids is 1. The van der Waals surface area contributed by atoms with Crippen LogP contribution in [-0.2, 0) is 23.1 Å². The van der Waals surface area contributed by atoms with E-state index in [1.807, 2.05) is 6.92 Å². The van der Waals surface area contributed by atoms with Crippen LogP contribution >= 0.6 is 0 Å². The fraction of sp³-hybridized carbons (Fsp3) is 0.615. The molecule has 0 atom stereocenters. The van der Waals surface area contributed by atoms with Crippen molar-refractivity contribution in [3.63, 3.8) is 0 Å². The molecule has 1 heterocycles. The normalized spacial score (nSPS) is 21.6. The van der Waals surface area contributed by atoms with Crippen molar-refractivity contribution < 1.29 is 9.90 Å². The zero-order valence-corrected chi connectivity index (χ0v) is 9.60. The molecule has 86 valence electrons. The van der Waals surface area contributed by atoms with Crippen LogP contribution in [0.2, 0.25) is 0 Å². The summed E-state index contributed by atoms with van der Waals surface area (Å²) in [7, 11) is 0. The molecule has 0 bridgehead atoms. The lowest BCUT2D eigenvalue weighted by Gasteiger charge is -2.16. The van der Waals surface area contributed by atoms with Crippen molar-refractivity contribution >= 4 is 5.97 Å². The summed E-state index contributed by atoms with van der Waals surface area (Å²) >= 11 is 0. The standard InChI is InChI=1S/C13H17NO2/c1-8-11(13(6-7-13)12(15)16)9-4-2-3-5-10(9)14-8/h14H,2-7H2,1H3,(H,15,16). The zero-order valence-electron chi connectivity index (χ0n) is 9.60. The topological polar surface area (TPSA) is 53.1 Å². The maximum Gasteiger partial charge on any atom is 0.314 e. The van der Waals surface area contributed by atoms with E-state index in [0.717, 1.165) is 36.9 Å². The van der Waals surface area contributed by atoms with E-state index in [0.29, 0.717) is 0 Å². The maximum atomic E-state index is 11.4. The largest absolute Gasteiger partial charge is 0.481 e. The first-order valence-electron chi connectivity index (χ1n) is 6.09. The Morgan fingerprint density at radius 3 is 2.62 bits per heavy atom. The van der Waals surface area contributed by atoms with Gasteiger partial charge in [-0.25, -0.2) is 0 Å². The van der Waals surface area contributed by atoms with Gasteiger partial charge >= 0.3 is 5.97 Å². The molecule has 1 aromatic heterocycles. The number of rotatable bonds is 2. The summed E-state index contributed by atoms with van der Waals surface area (Å²) in [4.78, 5) is 14.8. The third kappa shape index (κ3) is 1.17. The van der Waals surface area contributed by atoms with Crippen molar-refractivity contribution in [1.29, 1.82) is 0 Å². The second kappa shape index (κ2) is 3.12. The van der Waals surface area contributed by atoms with E-state index in [9.17, 15) is 9.90 Å². The first-order chi connectivity index (χ1) is 7.65. The Labute approximate surface area is 94.9 Å². The van der Waals surface area contributed by atoms with Crippen LogP contribution in [-0.4, -0.2) is 16.1 Å². The molecule has 0 amide bonds. The maximum absolute atomic E-state index is 11.4. The van der Waals surface area contributed by atoms with E-state index in [4.69, 9.17) is 0 Å². The fourth-order valence-corrected chi connectivity index (χ4v) is 3.18. The van der Waals surface area contributed by atoms with Gasteiger partial charge in [0.15, 0.2) is 0 Å². The number of aliphatic carboxylic acids is 1. The predicted octanol–water partition coefficient (Wildman–Crippen LogP) is 2.32. The number of H-pyrrole nitrogens is 1. The molecule has 16 heavy (non-hydrogen) atoms. The van der Waals surface area contributed by atoms with Crippen LogP contribution in [0.25, 0.3) is 0 Å². The van der Waals surface area contributed by atoms with Crippen LogP contribution in [0.5, 0.6) is 0 Å². The van der Waals surface area contributed by atoms with Crippen LogP contribution in [0.1, 0.15) is 48.2 Å². The number of aromatic nitrogens is 1. The van der Waals surface area contributed by atoms with Crippen LogP contribution in [0.4, 0.5) is 0 Å². The molecule has 0 aliphatic heterocycles. The van der Waals surface area contributed by atoms with Crippen molar-refractivity contribution in [2.45, 2.75) is 50.9 Å². The predicted molar refractivity (Wildman–Crippen MR) is 60.7 cm³/mol. The van der Waals surface area contributed by atoms with E-state index >= 15 is 0 Å². The Morgan fingerprint density at radius 2 is 2.00 bits per heavy atom. The number of nitrogens with one attached hydrogen (secondary N) is 1. The highest BCUT2D eigenvalue weighted by Gasteiger charge is 2.54. The lowest BCUT2D eigenvalue weighted by Crippen LogP contribution is -2.22. The molecule has 0 radical (unpaired) electrons. The molecule has 0 unspecified atom stereocenters. The minimum atomic E-state index is -0.636. The van der Waals surface area contributed by atoms with Gasteiger partial charge < -0.3 is 10.1 Å². The molecule has 2 aliphatic rings. The summed E-state index contributed by atoms with van der Waals surface area (Å²) in [5.41, 5.74) is 4.29. The van der Waals surface area contributed by atoms with Crippen molar-refractivity contribution in [1.82, 2.24) is 4.98 Å². The van der Waals surface area contributed by atoms with E-state index in [1.54, 1.807) is 0 Å². The Kier molecular flexibility index (Phi) is 1.94. The van der Waals surface area contributed by atoms with Crippen LogP contribution in [0.15, 0.2) is 0 Å². The first kappa shape index (κ1) is 9.94. The van der Waals surface area contributed by atoms with Gasteiger partial charge in [-0.15, -0.1) is 0 Å². The molecule has 0 aromatic carbocycles. The second-order valence-corrected chi connectivity index (χ2v) is 5.18. The molecule has 1 saturated carbocycles. The van der Waals surface area contributed by atoms with E-state index < -0.39 is 11.4 Å². The average Bonchev–Trinajstić information content (AvgIpc) is 2.97. The lowest BCUT2D eigenvalue weighted by molar-refractivity contribution is -0.140. The van der Waals surface area contributed by atoms with Crippen molar-refractivity contribution in [3.8, 4) is 0 Å². The lowest BCUT2D eigenvalue weighted by atomic mass is 9.86. The van der Waals surface area contributed by atoms with Crippen molar-refractivity contribution in [2.24, 2.45) is 0 Å². The summed E-state index contributed by atoms with van der Waals surface area (Å²) in [5.74, 6) is -0.636. The highest BCUT2D eigenvalue weighted by Crippen LogP contribution is 2.52. The molecule has 2 aliphatic carbocycles. The summed E-state index contributed by atoms with van der Waals surface area (Å²) < 4.78 is 0. The number of aryl methyl sites for hydroxylation is 2. The van der Waals surface area contributed by atoms with Gasteiger partial charge in [-0.2, -0.15) is 0 Å². The summed E-state index contributed by atoms with van der Waals surface area (Å²) in [6.45, 7) is 2.02. The summed E-state index contributed by atoms with van der Waals surface area (Å²) in [6, 6.07) is 0. The molecule has 1 fully saturated rings. The van der Waals surface area contributed by atoms with E-state index in [-0.39, 0.29) is 0 Å². The molecular weight excluding hydrogens is 202 g/mol. The van der Waals surface area contributed by atoms with Crippen molar-refractivity contribution in [3.05, 3.63) is 22.5 Å². The Hall–Kier alpha value is -1.25. The first-order valence-corrected chi connectivity index (χ1v) is 6.09. The molecule has 2 N–H and O–H groups in total. The Bertz CT molecular complexity index is 455. The molecule has 3 nitrogen and oxygen atoms in total. The SMILES string of the molecule is Cc1[nH]c2c(c1C1(C(=O)O)CC1)CCCC2. The van der Waals surface area contributed by atoms with Gasteiger partial charge in [0.2, 0.25) is 0 Å². The van der Waals surface area contributed by atoms with Crippen molar-refractivity contribution in [2.75, 3.05) is 0 Å². The Morgan fingerprint density at radius 1 is 1.31 bits per heavy atom. The number of hydrogen-bond donors (Lipinski definition) is 2. The number of aromatic amines is 1. The number of carboxylic acid groups (broad SMARTS) is 1. The van der Waals surface area contributed by atoms with Crippen LogP contribution in [0, 0.1) is 6.92 Å². The van der Waals surface area contributed by atoms with Gasteiger partial charge in [-0.05, 0) is 56.6 Å². The number of fused-ring (bicyclic) bond motifs is 1. The van der Waals surface area contributed by atoms with Gasteiger partial charge in [0.25, 0.3) is 0 Å². The number of carbonyl (C=O) groups is 1. The monoisotopic (exact) mass is 219 g/mol. The highest BCUT2D eigenvalue weighted by atomic mass is 16.4. The number of hydrogen-bond acceptors (Lipinski definition) is 1. The van der Waals surface area contributed by atoms with Gasteiger partial charge in [0, 0.05) is 11.4 Å². The van der Waals surface area contributed by atoms with Crippen LogP contribution in [0.3, 0.4) is 0 Å². The third-order valence-corrected chi connectivity index (χ3v) is 4.12. The van der Waals surface area contributed by atoms with Gasteiger partial charge in [0.05, 0.1) is 5.41 Å². The minimum Gasteiger partial charge on any atom is -0.481 e. The third-order valence-electron chi connectivity index (χ3n) is 4.12. The molecular formula is C13H17NO2. The zero-order chi connectivity index (χ0) is 11.3.